The molecule has 4 aromatic rings. The fraction of sp³-hybridized carbons (Fsp3) is 0.460. The van der Waals surface area contributed by atoms with Crippen molar-refractivity contribution in [2.24, 2.45) is 11.8 Å². The second-order valence-electron chi connectivity index (χ2n) is 17.5. The molecule has 2 aliphatic carbocycles. The Bertz CT molecular complexity index is 2170. The smallest absolute Gasteiger partial charge is 0.411 e. The molecule has 13 heteroatoms. The number of benzene rings is 4. The van der Waals surface area contributed by atoms with Crippen LogP contribution in [0.2, 0.25) is 0 Å². The predicted molar refractivity (Wildman–Crippen MR) is 242 cm³/mol. The number of carbonyl (C=O) groups excluding carboxylic acids is 3. The lowest BCUT2D eigenvalue weighted by molar-refractivity contribution is -0.134. The zero-order valence-corrected chi connectivity index (χ0v) is 36.0. The number of nitrogens with one attached hydrogen (secondary N) is 3. The van der Waals surface area contributed by atoms with E-state index in [1.54, 1.807) is 6.07 Å². The summed E-state index contributed by atoms with van der Waals surface area (Å²) in [4.78, 5) is 42.7. The molecule has 2 aliphatic heterocycles. The van der Waals surface area contributed by atoms with Gasteiger partial charge in [-0.05, 0) is 85.3 Å². The molecule has 3 fully saturated rings. The molecule has 0 spiro atoms. The van der Waals surface area contributed by atoms with Crippen molar-refractivity contribution in [3.8, 4) is 22.6 Å². The minimum absolute atomic E-state index is 0.0570. The number of hydrogen-bond acceptors (Lipinski definition) is 10. The Morgan fingerprint density at radius 1 is 0.905 bits per heavy atom. The third-order valence-electron chi connectivity index (χ3n) is 13.1. The third-order valence-corrected chi connectivity index (χ3v) is 13.1. The number of ether oxygens (including phenoxy) is 3. The van der Waals surface area contributed by atoms with E-state index < -0.39 is 6.10 Å². The highest BCUT2D eigenvalue weighted by Crippen LogP contribution is 2.42. The maximum atomic E-state index is 13.5. The number of nitrogens with zero attached hydrogens (tertiary/aromatic N) is 2. The standard InChI is InChI=1S/C50H61N5O8/c56-44-18-17-42(49-48(44)53-46(58)33-62-49)45(57)30-51-22-24-55(39-13-4-5-14-39)47(59)21-26-61-25-20-35-10-8-9-34(27-35)19-23-54-31-37-28-40(29-38(37)32-54)63-50(60)52-43-16-7-6-15-41(43)36-11-2-1-3-12-36/h1-3,6-12,15-18,27,37-40,45,51,56-57H,4-5,13-14,19-26,28-33H2,(H,52,60)(H,53,58)/t37-,38+,40-,45-/m0/s1. The number of carbonyl (C=O) groups is 3. The largest absolute Gasteiger partial charge is 0.506 e. The Morgan fingerprint density at radius 3 is 2.44 bits per heavy atom. The molecule has 63 heavy (non-hydrogen) atoms. The van der Waals surface area contributed by atoms with Crippen molar-refractivity contribution in [3.63, 3.8) is 0 Å². The molecular formula is C50H61N5O8. The zero-order chi connectivity index (χ0) is 43.5. The van der Waals surface area contributed by atoms with E-state index in [1.807, 2.05) is 59.5 Å². The number of aromatic hydroxyl groups is 1. The van der Waals surface area contributed by atoms with Gasteiger partial charge >= 0.3 is 6.09 Å². The summed E-state index contributed by atoms with van der Waals surface area (Å²) in [5, 5.41) is 29.9. The Hall–Kier alpha value is -5.47. The molecule has 4 atom stereocenters. The number of fused-ring (bicyclic) bond motifs is 2. The van der Waals surface area contributed by atoms with Gasteiger partial charge in [0.1, 0.15) is 17.5 Å². The van der Waals surface area contributed by atoms with Crippen molar-refractivity contribution in [1.82, 2.24) is 15.1 Å². The van der Waals surface area contributed by atoms with Gasteiger partial charge in [-0.3, -0.25) is 14.9 Å². The van der Waals surface area contributed by atoms with Crippen LogP contribution in [0.4, 0.5) is 16.2 Å². The van der Waals surface area contributed by atoms with Gasteiger partial charge in [-0.15, -0.1) is 0 Å². The molecule has 1 saturated heterocycles. The van der Waals surface area contributed by atoms with Crippen molar-refractivity contribution < 1.29 is 38.8 Å². The van der Waals surface area contributed by atoms with Crippen molar-refractivity contribution >= 4 is 29.3 Å². The molecule has 2 saturated carbocycles. The molecule has 2 heterocycles. The van der Waals surface area contributed by atoms with E-state index in [-0.39, 0.29) is 60.4 Å². The van der Waals surface area contributed by atoms with Gasteiger partial charge in [0.2, 0.25) is 5.91 Å². The Kier molecular flexibility index (Phi) is 14.9. The third kappa shape index (κ3) is 11.6. The summed E-state index contributed by atoms with van der Waals surface area (Å²) in [5.41, 5.74) is 5.96. The summed E-state index contributed by atoms with van der Waals surface area (Å²) in [7, 11) is 0. The maximum Gasteiger partial charge on any atom is 0.411 e. The van der Waals surface area contributed by atoms with E-state index in [2.05, 4.69) is 45.1 Å². The van der Waals surface area contributed by atoms with Gasteiger partial charge in [0, 0.05) is 56.4 Å². The van der Waals surface area contributed by atoms with Gasteiger partial charge < -0.3 is 44.9 Å². The van der Waals surface area contributed by atoms with Crippen molar-refractivity contribution in [1.29, 1.82) is 0 Å². The van der Waals surface area contributed by atoms with E-state index in [0.29, 0.717) is 50.1 Å². The van der Waals surface area contributed by atoms with E-state index >= 15 is 0 Å². The number of para-hydroxylation sites is 1. The first kappa shape index (κ1) is 44.1. The minimum Gasteiger partial charge on any atom is -0.506 e. The number of phenolic OH excluding ortho intramolecular Hbond substituents is 1. The number of aliphatic hydroxyl groups is 1. The van der Waals surface area contributed by atoms with Crippen LogP contribution in [0.15, 0.2) is 91.0 Å². The predicted octanol–water partition coefficient (Wildman–Crippen LogP) is 6.94. The average molecular weight is 860 g/mol. The Balaban J connectivity index is 0.714. The summed E-state index contributed by atoms with van der Waals surface area (Å²) in [5.74, 6) is 0.965. The second-order valence-corrected chi connectivity index (χ2v) is 17.5. The summed E-state index contributed by atoms with van der Waals surface area (Å²) < 4.78 is 17.5. The summed E-state index contributed by atoms with van der Waals surface area (Å²) in [6.45, 7) is 5.06. The molecule has 0 radical (unpaired) electrons. The number of rotatable bonds is 19. The van der Waals surface area contributed by atoms with Gasteiger partial charge in [-0.25, -0.2) is 4.79 Å². The quantitative estimate of drug-likeness (QED) is 0.0494. The SMILES string of the molecule is O=C1COc2c([C@@H](O)CNCCN(C(=O)CCOCCc3cccc(CCN4C[C@H]5C[C@@H](OC(=O)Nc6ccccc6-c6ccccc6)C[C@H]5C4)c3)C3CCCC3)ccc(O)c2N1. The molecule has 5 N–H and O–H groups in total. The Morgan fingerprint density at radius 2 is 1.65 bits per heavy atom. The number of phenols is 1. The van der Waals surface area contributed by atoms with Crippen LogP contribution < -0.4 is 20.7 Å². The normalized spacial score (nSPS) is 20.1. The van der Waals surface area contributed by atoms with Crippen LogP contribution in [0.5, 0.6) is 11.5 Å². The van der Waals surface area contributed by atoms with Crippen LogP contribution in [-0.4, -0.2) is 109 Å². The van der Waals surface area contributed by atoms with E-state index in [4.69, 9.17) is 14.2 Å². The number of amides is 3. The van der Waals surface area contributed by atoms with Crippen molar-refractivity contribution in [2.75, 3.05) is 69.7 Å². The van der Waals surface area contributed by atoms with E-state index in [0.717, 1.165) is 87.8 Å². The van der Waals surface area contributed by atoms with Crippen LogP contribution in [-0.2, 0) is 31.9 Å². The molecule has 0 aromatic heterocycles. The van der Waals surface area contributed by atoms with Crippen LogP contribution >= 0.6 is 0 Å². The molecule has 13 nitrogen and oxygen atoms in total. The first-order valence-corrected chi connectivity index (χ1v) is 22.7. The van der Waals surface area contributed by atoms with Crippen LogP contribution in [0.1, 0.15) is 67.7 Å². The molecule has 8 rings (SSSR count). The van der Waals surface area contributed by atoms with Crippen molar-refractivity contribution in [3.05, 3.63) is 108 Å². The molecule has 4 aliphatic rings. The Labute approximate surface area is 370 Å². The lowest BCUT2D eigenvalue weighted by atomic mass is 10.0. The van der Waals surface area contributed by atoms with Gasteiger partial charge in [-0.2, -0.15) is 0 Å². The first-order valence-electron chi connectivity index (χ1n) is 22.7. The molecule has 334 valence electrons. The van der Waals surface area contributed by atoms with E-state index in [9.17, 15) is 24.6 Å². The molecule has 0 unspecified atom stereocenters. The minimum atomic E-state index is -0.932. The topological polar surface area (TPSA) is 162 Å². The molecule has 4 aromatic carbocycles. The zero-order valence-electron chi connectivity index (χ0n) is 36.0. The molecular weight excluding hydrogens is 799 g/mol. The van der Waals surface area contributed by atoms with Gasteiger partial charge in [0.15, 0.2) is 12.4 Å². The fourth-order valence-electron chi connectivity index (χ4n) is 9.91. The molecule has 0 bridgehead atoms. The summed E-state index contributed by atoms with van der Waals surface area (Å²) >= 11 is 0. The van der Waals surface area contributed by atoms with Crippen molar-refractivity contribution in [2.45, 2.75) is 76.0 Å². The van der Waals surface area contributed by atoms with E-state index in [1.165, 1.54) is 17.2 Å². The number of hydrogen-bond donors (Lipinski definition) is 5. The van der Waals surface area contributed by atoms with Crippen LogP contribution in [0, 0.1) is 11.8 Å². The lowest BCUT2D eigenvalue weighted by Gasteiger charge is -2.29. The highest BCUT2D eigenvalue weighted by Gasteiger charge is 2.42. The molecule has 3 amide bonds. The van der Waals surface area contributed by atoms with Gasteiger partial charge in [0.05, 0.1) is 31.4 Å². The first-order chi connectivity index (χ1) is 30.8. The monoisotopic (exact) mass is 859 g/mol. The van der Waals surface area contributed by atoms with Gasteiger partial charge in [0.25, 0.3) is 5.91 Å². The fourth-order valence-corrected chi connectivity index (χ4v) is 9.91. The number of aliphatic hydroxyl groups excluding tert-OH is 1. The maximum absolute atomic E-state index is 13.5. The number of likely N-dealkylation sites (tertiary alicyclic amines) is 1. The van der Waals surface area contributed by atoms with Gasteiger partial charge in [-0.1, -0.05) is 85.6 Å². The summed E-state index contributed by atoms with van der Waals surface area (Å²) in [6.07, 6.45) is 6.73. The second kappa shape index (κ2) is 21.3. The lowest BCUT2D eigenvalue weighted by Crippen LogP contribution is -2.43. The average Bonchev–Trinajstić information content (AvgIpc) is 4.05. The van der Waals surface area contributed by atoms with Crippen LogP contribution in [0.25, 0.3) is 11.1 Å². The number of anilines is 2. The van der Waals surface area contributed by atoms with Crippen LogP contribution in [0.3, 0.4) is 0 Å². The highest BCUT2D eigenvalue weighted by molar-refractivity contribution is 5.97. The highest BCUT2D eigenvalue weighted by atomic mass is 16.6. The summed E-state index contributed by atoms with van der Waals surface area (Å²) in [6, 6.07) is 29.8.